The lowest BCUT2D eigenvalue weighted by Crippen LogP contribution is -2.35. The second-order valence-electron chi connectivity index (χ2n) is 7.54. The molecule has 1 fully saturated rings. The molecule has 0 N–H and O–H groups in total. The summed E-state index contributed by atoms with van der Waals surface area (Å²) in [7, 11) is 0. The summed E-state index contributed by atoms with van der Waals surface area (Å²) in [6.07, 6.45) is -3.89. The van der Waals surface area contributed by atoms with Gasteiger partial charge in [0.1, 0.15) is 23.9 Å². The van der Waals surface area contributed by atoms with Crippen LogP contribution >= 0.6 is 0 Å². The molecule has 174 valence electrons. The van der Waals surface area contributed by atoms with Gasteiger partial charge in [-0.3, -0.25) is 4.79 Å². The monoisotopic (exact) mass is 460 g/mol. The molecule has 0 bridgehead atoms. The van der Waals surface area contributed by atoms with Crippen LogP contribution in [0.2, 0.25) is 0 Å². The van der Waals surface area contributed by atoms with Crippen LogP contribution in [0.5, 0.6) is 11.5 Å². The summed E-state index contributed by atoms with van der Waals surface area (Å²) in [4.78, 5) is 16.9. The van der Waals surface area contributed by atoms with Gasteiger partial charge in [0, 0.05) is 31.9 Å². The van der Waals surface area contributed by atoms with E-state index in [1.807, 2.05) is 18.2 Å². The van der Waals surface area contributed by atoms with Gasteiger partial charge >= 0.3 is 6.36 Å². The van der Waals surface area contributed by atoms with Crippen LogP contribution in [0.15, 0.2) is 71.1 Å². The summed E-state index contributed by atoms with van der Waals surface area (Å²) < 4.78 is 51.7. The average Bonchev–Trinajstić information content (AvgIpc) is 3.14. The number of ether oxygens (including phenoxy) is 2. The second kappa shape index (κ2) is 9.89. The van der Waals surface area contributed by atoms with Crippen LogP contribution in [-0.2, 0) is 6.61 Å². The summed E-state index contributed by atoms with van der Waals surface area (Å²) in [6.45, 7) is 2.88. The summed E-state index contributed by atoms with van der Waals surface area (Å²) in [6, 6.07) is 18.4. The Morgan fingerprint density at radius 3 is 2.33 bits per heavy atom. The molecule has 3 aromatic rings. The van der Waals surface area contributed by atoms with Crippen molar-refractivity contribution >= 4 is 11.6 Å². The third-order valence-electron chi connectivity index (χ3n) is 5.22. The normalized spacial score (nSPS) is 14.6. The van der Waals surface area contributed by atoms with Crippen molar-refractivity contribution in [3.8, 4) is 11.5 Å². The number of amides is 1. The third-order valence-corrected chi connectivity index (χ3v) is 5.22. The van der Waals surface area contributed by atoms with Crippen LogP contribution in [-0.4, -0.2) is 43.3 Å². The molecule has 1 saturated heterocycles. The molecule has 0 atom stereocenters. The zero-order valence-corrected chi connectivity index (χ0v) is 17.8. The highest BCUT2D eigenvalue weighted by Gasteiger charge is 2.31. The number of carbonyl (C=O) groups is 1. The smallest absolute Gasteiger partial charge is 0.486 e. The highest BCUT2D eigenvalue weighted by Crippen LogP contribution is 2.25. The first kappa shape index (κ1) is 22.6. The number of carbonyl (C=O) groups excluding carboxylic acids is 1. The van der Waals surface area contributed by atoms with Gasteiger partial charge in [-0.2, -0.15) is 0 Å². The van der Waals surface area contributed by atoms with Crippen molar-refractivity contribution in [3.63, 3.8) is 0 Å². The fraction of sp³-hybridized carbons (Fsp3) is 0.292. The molecule has 0 aliphatic carbocycles. The van der Waals surface area contributed by atoms with Gasteiger partial charge in [-0.05, 0) is 55.0 Å². The SMILES string of the molecule is O=C(c1ccc(COc2ccc(OC(F)(F)F)cc2)o1)N1CCCN(c2ccccc2)CC1. The van der Waals surface area contributed by atoms with Crippen molar-refractivity contribution in [2.45, 2.75) is 19.4 Å². The van der Waals surface area contributed by atoms with Gasteiger partial charge in [0.15, 0.2) is 5.76 Å². The molecule has 0 spiro atoms. The van der Waals surface area contributed by atoms with Crippen molar-refractivity contribution in [1.82, 2.24) is 4.90 Å². The van der Waals surface area contributed by atoms with Gasteiger partial charge in [0.2, 0.25) is 0 Å². The number of hydrogen-bond donors (Lipinski definition) is 0. The van der Waals surface area contributed by atoms with Gasteiger partial charge < -0.3 is 23.7 Å². The third kappa shape index (κ3) is 6.21. The lowest BCUT2D eigenvalue weighted by Gasteiger charge is -2.23. The van der Waals surface area contributed by atoms with E-state index in [0.29, 0.717) is 24.6 Å². The molecule has 4 rings (SSSR count). The Kier molecular flexibility index (Phi) is 6.76. The Hall–Kier alpha value is -3.62. The number of rotatable bonds is 6. The minimum absolute atomic E-state index is 0.0362. The molecule has 0 radical (unpaired) electrons. The molecule has 1 amide bonds. The van der Waals surface area contributed by atoms with Gasteiger partial charge in [0.25, 0.3) is 5.91 Å². The van der Waals surface area contributed by atoms with Crippen LogP contribution in [0.3, 0.4) is 0 Å². The molecule has 1 aromatic heterocycles. The molecule has 2 heterocycles. The fourth-order valence-corrected chi connectivity index (χ4v) is 3.64. The first-order valence-corrected chi connectivity index (χ1v) is 10.5. The van der Waals surface area contributed by atoms with E-state index in [0.717, 1.165) is 37.3 Å². The van der Waals surface area contributed by atoms with Crippen LogP contribution < -0.4 is 14.4 Å². The number of para-hydroxylation sites is 1. The maximum atomic E-state index is 12.9. The topological polar surface area (TPSA) is 55.2 Å². The van der Waals surface area contributed by atoms with E-state index in [1.54, 1.807) is 17.0 Å². The first-order valence-electron chi connectivity index (χ1n) is 10.5. The van der Waals surface area contributed by atoms with E-state index in [9.17, 15) is 18.0 Å². The summed E-state index contributed by atoms with van der Waals surface area (Å²) in [5.74, 6) is 0.515. The summed E-state index contributed by atoms with van der Waals surface area (Å²) in [5.41, 5.74) is 1.14. The summed E-state index contributed by atoms with van der Waals surface area (Å²) >= 11 is 0. The van der Waals surface area contributed by atoms with E-state index < -0.39 is 6.36 Å². The minimum atomic E-state index is -4.74. The standard InChI is InChI=1S/C24H23F3N2O4/c25-24(26,27)33-20-9-7-19(8-10-20)31-17-21-11-12-22(32-21)23(30)29-14-4-13-28(15-16-29)18-5-2-1-3-6-18/h1-3,5-12H,4,13-17H2. The van der Waals surface area contributed by atoms with E-state index in [2.05, 4.69) is 21.8 Å². The van der Waals surface area contributed by atoms with Crippen molar-refractivity contribution in [2.24, 2.45) is 0 Å². The first-order chi connectivity index (χ1) is 15.9. The van der Waals surface area contributed by atoms with Crippen molar-refractivity contribution in [2.75, 3.05) is 31.1 Å². The minimum Gasteiger partial charge on any atom is -0.486 e. The van der Waals surface area contributed by atoms with Crippen LogP contribution in [0.25, 0.3) is 0 Å². The number of nitrogens with zero attached hydrogens (tertiary/aromatic N) is 2. The van der Waals surface area contributed by atoms with Crippen LogP contribution in [0.4, 0.5) is 18.9 Å². The van der Waals surface area contributed by atoms with Crippen molar-refractivity contribution < 1.29 is 31.9 Å². The number of halogens is 3. The summed E-state index contributed by atoms with van der Waals surface area (Å²) in [5, 5.41) is 0. The van der Waals surface area contributed by atoms with Crippen LogP contribution in [0.1, 0.15) is 22.7 Å². The van der Waals surface area contributed by atoms with Gasteiger partial charge in [-0.15, -0.1) is 13.2 Å². The molecular formula is C24H23F3N2O4. The highest BCUT2D eigenvalue weighted by molar-refractivity contribution is 5.91. The molecule has 0 saturated carbocycles. The maximum absolute atomic E-state index is 12.9. The predicted octanol–water partition coefficient (Wildman–Crippen LogP) is 5.11. The Labute approximate surface area is 189 Å². The number of alkyl halides is 3. The van der Waals surface area contributed by atoms with Crippen molar-refractivity contribution in [3.05, 3.63) is 78.3 Å². The van der Waals surface area contributed by atoms with Gasteiger partial charge in [-0.25, -0.2) is 0 Å². The Bertz CT molecular complexity index is 1050. The molecule has 2 aromatic carbocycles. The van der Waals surface area contributed by atoms with E-state index in [-0.39, 0.29) is 24.0 Å². The van der Waals surface area contributed by atoms with E-state index >= 15 is 0 Å². The van der Waals surface area contributed by atoms with Crippen LogP contribution in [0, 0.1) is 0 Å². The van der Waals surface area contributed by atoms with E-state index in [1.165, 1.54) is 12.1 Å². The second-order valence-corrected chi connectivity index (χ2v) is 7.54. The fourth-order valence-electron chi connectivity index (χ4n) is 3.64. The number of furan rings is 1. The molecule has 9 heteroatoms. The quantitative estimate of drug-likeness (QED) is 0.512. The number of anilines is 1. The Balaban J connectivity index is 1.30. The number of hydrogen-bond acceptors (Lipinski definition) is 5. The zero-order chi connectivity index (χ0) is 23.3. The number of benzene rings is 2. The zero-order valence-electron chi connectivity index (χ0n) is 17.8. The maximum Gasteiger partial charge on any atom is 0.573 e. The molecule has 0 unspecified atom stereocenters. The lowest BCUT2D eigenvalue weighted by molar-refractivity contribution is -0.274. The molecular weight excluding hydrogens is 437 g/mol. The molecule has 33 heavy (non-hydrogen) atoms. The Morgan fingerprint density at radius 1 is 0.879 bits per heavy atom. The predicted molar refractivity (Wildman–Crippen MR) is 115 cm³/mol. The van der Waals surface area contributed by atoms with Crippen molar-refractivity contribution in [1.29, 1.82) is 0 Å². The molecule has 1 aliphatic heterocycles. The Morgan fingerprint density at radius 2 is 1.61 bits per heavy atom. The average molecular weight is 460 g/mol. The largest absolute Gasteiger partial charge is 0.573 e. The van der Waals surface area contributed by atoms with E-state index in [4.69, 9.17) is 9.15 Å². The highest BCUT2D eigenvalue weighted by atomic mass is 19.4. The van der Waals surface area contributed by atoms with Gasteiger partial charge in [-0.1, -0.05) is 18.2 Å². The molecule has 1 aliphatic rings. The lowest BCUT2D eigenvalue weighted by atomic mass is 10.3. The van der Waals surface area contributed by atoms with Gasteiger partial charge in [0.05, 0.1) is 0 Å². The molecule has 6 nitrogen and oxygen atoms in total.